The fourth-order valence-electron chi connectivity index (χ4n) is 2.05. The summed E-state index contributed by atoms with van der Waals surface area (Å²) in [7, 11) is 1.59. The Morgan fingerprint density at radius 2 is 2.00 bits per heavy atom. The van der Waals surface area contributed by atoms with Gasteiger partial charge in [-0.2, -0.15) is 0 Å². The van der Waals surface area contributed by atoms with Crippen molar-refractivity contribution in [3.05, 3.63) is 5.82 Å². The molecule has 1 aromatic heterocycles. The maximum Gasteiger partial charge on any atom is 0.296 e. The van der Waals surface area contributed by atoms with Gasteiger partial charge in [-0.25, -0.2) is 8.42 Å². The van der Waals surface area contributed by atoms with E-state index in [1.165, 1.54) is 12.8 Å². The Kier molecular flexibility index (Phi) is 4.27. The molecule has 1 aromatic rings. The van der Waals surface area contributed by atoms with Crippen LogP contribution in [0.15, 0.2) is 5.16 Å². The van der Waals surface area contributed by atoms with Crippen LogP contribution in [0.25, 0.3) is 0 Å². The summed E-state index contributed by atoms with van der Waals surface area (Å²) in [5.74, 6) is 0.757. The lowest BCUT2D eigenvalue weighted by atomic mass is 10.1. The molecule has 0 bridgehead atoms. The van der Waals surface area contributed by atoms with Crippen LogP contribution in [-0.2, 0) is 15.5 Å². The van der Waals surface area contributed by atoms with Crippen LogP contribution in [0.1, 0.15) is 57.3 Å². The molecule has 18 heavy (non-hydrogen) atoms. The molecule has 7 heteroatoms. The zero-order chi connectivity index (χ0) is 13.2. The molecule has 0 amide bonds. The minimum atomic E-state index is -3.79. The Hall–Kier alpha value is -0.620. The monoisotopic (exact) mass is 291 g/mol. The second-order valence-electron chi connectivity index (χ2n) is 4.75. The third-order valence-corrected chi connectivity index (χ3v) is 4.25. The number of hydrogen-bond acceptors (Lipinski definition) is 4. The fourth-order valence-corrected chi connectivity index (χ4v) is 3.00. The molecule has 1 saturated carbocycles. The van der Waals surface area contributed by atoms with Crippen LogP contribution in [0.2, 0.25) is 0 Å². The van der Waals surface area contributed by atoms with E-state index in [9.17, 15) is 8.42 Å². The first-order valence-corrected chi connectivity index (χ1v) is 8.73. The molecule has 2 rings (SSSR count). The predicted molar refractivity (Wildman–Crippen MR) is 69.2 cm³/mol. The first-order chi connectivity index (χ1) is 8.54. The lowest BCUT2D eigenvalue weighted by Crippen LogP contribution is -2.08. The van der Waals surface area contributed by atoms with Gasteiger partial charge in [0.25, 0.3) is 14.2 Å². The normalized spacial score (nSPS) is 16.1. The molecule has 0 atom stereocenters. The van der Waals surface area contributed by atoms with E-state index in [1.54, 1.807) is 4.57 Å². The Balaban J connectivity index is 2.13. The van der Waals surface area contributed by atoms with E-state index in [0.717, 1.165) is 37.9 Å². The van der Waals surface area contributed by atoms with Gasteiger partial charge in [-0.05, 0) is 19.3 Å². The molecule has 0 aliphatic heterocycles. The minimum absolute atomic E-state index is 0.0860. The lowest BCUT2D eigenvalue weighted by Gasteiger charge is -2.06. The van der Waals surface area contributed by atoms with Crippen molar-refractivity contribution in [3.8, 4) is 0 Å². The molecule has 1 aliphatic rings. The van der Waals surface area contributed by atoms with E-state index in [-0.39, 0.29) is 11.2 Å². The van der Waals surface area contributed by atoms with E-state index >= 15 is 0 Å². The van der Waals surface area contributed by atoms with Crippen LogP contribution in [-0.4, -0.2) is 23.2 Å². The topological polar surface area (TPSA) is 64.8 Å². The molecule has 5 nitrogen and oxygen atoms in total. The van der Waals surface area contributed by atoms with Gasteiger partial charge in [0.05, 0.1) is 0 Å². The summed E-state index contributed by atoms with van der Waals surface area (Å²) in [5, 5.41) is 7.65. The molecular formula is C11H18ClN3O2S. The molecule has 1 fully saturated rings. The number of aromatic nitrogens is 3. The maximum atomic E-state index is 11.4. The van der Waals surface area contributed by atoms with Gasteiger partial charge in [0.2, 0.25) is 0 Å². The smallest absolute Gasteiger partial charge is 0.296 e. The SMILES string of the molecule is CCCCCCc1nnc(S(=O)(=O)Cl)n1C1CC1. The first kappa shape index (κ1) is 13.8. The quantitative estimate of drug-likeness (QED) is 0.572. The number of unbranched alkanes of at least 4 members (excludes halogenated alkanes) is 3. The van der Waals surface area contributed by atoms with Crippen LogP contribution >= 0.6 is 10.7 Å². The molecule has 1 aliphatic carbocycles. The van der Waals surface area contributed by atoms with Gasteiger partial charge in [-0.3, -0.25) is 4.57 Å². The number of rotatable bonds is 7. The summed E-state index contributed by atoms with van der Waals surface area (Å²) in [4.78, 5) is 0. The minimum Gasteiger partial charge on any atom is -0.298 e. The molecule has 0 aromatic carbocycles. The van der Waals surface area contributed by atoms with Crippen LogP contribution in [0.3, 0.4) is 0 Å². The number of nitrogens with zero attached hydrogens (tertiary/aromatic N) is 3. The Morgan fingerprint density at radius 1 is 1.28 bits per heavy atom. The van der Waals surface area contributed by atoms with E-state index < -0.39 is 9.05 Å². The first-order valence-electron chi connectivity index (χ1n) is 6.42. The van der Waals surface area contributed by atoms with E-state index in [1.807, 2.05) is 0 Å². The number of aryl methyl sites for hydroxylation is 1. The van der Waals surface area contributed by atoms with Crippen molar-refractivity contribution in [2.24, 2.45) is 0 Å². The van der Waals surface area contributed by atoms with E-state index in [4.69, 9.17) is 10.7 Å². The van der Waals surface area contributed by atoms with Gasteiger partial charge >= 0.3 is 0 Å². The van der Waals surface area contributed by atoms with Crippen LogP contribution in [0.5, 0.6) is 0 Å². The third kappa shape index (κ3) is 3.23. The highest BCUT2D eigenvalue weighted by atomic mass is 35.7. The maximum absolute atomic E-state index is 11.4. The van der Waals surface area contributed by atoms with Gasteiger partial charge < -0.3 is 0 Å². The van der Waals surface area contributed by atoms with Crippen molar-refractivity contribution in [1.29, 1.82) is 0 Å². The summed E-state index contributed by atoms with van der Waals surface area (Å²) < 4.78 is 24.6. The van der Waals surface area contributed by atoms with Gasteiger partial charge in [-0.1, -0.05) is 26.2 Å². The molecule has 0 radical (unpaired) electrons. The van der Waals surface area contributed by atoms with Crippen molar-refractivity contribution in [2.75, 3.05) is 0 Å². The summed E-state index contributed by atoms with van der Waals surface area (Å²) in [6.45, 7) is 2.16. The van der Waals surface area contributed by atoms with Crippen LogP contribution in [0.4, 0.5) is 0 Å². The van der Waals surface area contributed by atoms with Crippen molar-refractivity contribution in [3.63, 3.8) is 0 Å². The summed E-state index contributed by atoms with van der Waals surface area (Å²) in [6, 6.07) is 0.227. The van der Waals surface area contributed by atoms with E-state index in [0.29, 0.717) is 0 Å². The zero-order valence-corrected chi connectivity index (χ0v) is 12.0. The van der Waals surface area contributed by atoms with Crippen molar-refractivity contribution >= 4 is 19.7 Å². The molecule has 0 spiro atoms. The molecular weight excluding hydrogens is 274 g/mol. The summed E-state index contributed by atoms with van der Waals surface area (Å²) in [5.41, 5.74) is 0. The average molecular weight is 292 g/mol. The van der Waals surface area contributed by atoms with Crippen molar-refractivity contribution in [1.82, 2.24) is 14.8 Å². The highest BCUT2D eigenvalue weighted by Crippen LogP contribution is 2.38. The lowest BCUT2D eigenvalue weighted by molar-refractivity contribution is 0.560. The average Bonchev–Trinajstić information content (AvgIpc) is 3.04. The third-order valence-electron chi connectivity index (χ3n) is 3.12. The Bertz CT molecular complexity index is 508. The Morgan fingerprint density at radius 3 is 2.56 bits per heavy atom. The fraction of sp³-hybridized carbons (Fsp3) is 0.818. The highest BCUT2D eigenvalue weighted by molar-refractivity contribution is 8.13. The molecule has 1 heterocycles. The standard InChI is InChI=1S/C11H18ClN3O2S/c1-2-3-4-5-6-10-13-14-11(18(12,16)17)15(10)9-7-8-9/h9H,2-8H2,1H3. The van der Waals surface area contributed by atoms with Crippen molar-refractivity contribution < 1.29 is 8.42 Å². The van der Waals surface area contributed by atoms with Gasteiger partial charge in [0, 0.05) is 23.1 Å². The summed E-state index contributed by atoms with van der Waals surface area (Å²) in [6.07, 6.45) is 7.27. The van der Waals surface area contributed by atoms with Crippen LogP contribution in [0, 0.1) is 0 Å². The molecule has 0 unspecified atom stereocenters. The van der Waals surface area contributed by atoms with E-state index in [2.05, 4.69) is 17.1 Å². The van der Waals surface area contributed by atoms with Crippen molar-refractivity contribution in [2.45, 2.75) is 63.1 Å². The predicted octanol–water partition coefficient (Wildman–Crippen LogP) is 2.66. The molecule has 0 saturated heterocycles. The zero-order valence-electron chi connectivity index (χ0n) is 10.5. The second-order valence-corrected chi connectivity index (χ2v) is 7.21. The largest absolute Gasteiger partial charge is 0.298 e. The molecule has 0 N–H and O–H groups in total. The highest BCUT2D eigenvalue weighted by Gasteiger charge is 2.33. The number of halogens is 1. The Labute approximate surface area is 112 Å². The van der Waals surface area contributed by atoms with Gasteiger partial charge in [0.1, 0.15) is 5.82 Å². The summed E-state index contributed by atoms with van der Waals surface area (Å²) >= 11 is 0. The van der Waals surface area contributed by atoms with Crippen LogP contribution < -0.4 is 0 Å². The molecule has 102 valence electrons. The van der Waals surface area contributed by atoms with Gasteiger partial charge in [0.15, 0.2) is 0 Å². The van der Waals surface area contributed by atoms with Gasteiger partial charge in [-0.15, -0.1) is 10.2 Å². The number of hydrogen-bond donors (Lipinski definition) is 0. The second kappa shape index (κ2) is 5.57.